The van der Waals surface area contributed by atoms with Crippen LogP contribution in [0.3, 0.4) is 0 Å². The summed E-state index contributed by atoms with van der Waals surface area (Å²) in [6, 6.07) is 0.148. The maximum atomic E-state index is 13.2. The summed E-state index contributed by atoms with van der Waals surface area (Å²) >= 11 is 0. The minimum absolute atomic E-state index is 0.141. The van der Waals surface area contributed by atoms with E-state index in [0.717, 1.165) is 24.5 Å². The molecule has 29 heavy (non-hydrogen) atoms. The number of rotatable bonds is 8. The Balaban J connectivity index is 1.83. The van der Waals surface area contributed by atoms with E-state index in [1.54, 1.807) is 6.08 Å². The molecule has 2 unspecified atom stereocenters. The lowest BCUT2D eigenvalue weighted by atomic mass is 10.0. The van der Waals surface area contributed by atoms with Gasteiger partial charge in [-0.2, -0.15) is 13.2 Å². The van der Waals surface area contributed by atoms with Crippen LogP contribution in [0.5, 0.6) is 0 Å². The molecule has 0 heterocycles. The predicted octanol–water partition coefficient (Wildman–Crippen LogP) is 3.65. The SMILES string of the molecule is C=CC1=C(/C=C\C)CC(NCC(O)CNC(=O)C2=CCC=CC=C2C(F)(F)F)C1. The molecule has 0 fully saturated rings. The standard InChI is InChI=1S/C22H27F3N2O2/c1-3-8-16-12-17(11-15(16)4-2)26-13-18(28)14-27-21(29)19-9-6-5-7-10-20(19)22(23,24)25/h3-5,7-10,17-18,26,28H,2,6,11-14H2,1H3,(H,27,29)/b8-3-. The van der Waals surface area contributed by atoms with E-state index in [-0.39, 0.29) is 25.6 Å². The number of aliphatic hydroxyl groups excluding tert-OH is 1. The third-order valence-corrected chi connectivity index (χ3v) is 4.80. The fourth-order valence-electron chi connectivity index (χ4n) is 3.37. The number of hydrogen-bond acceptors (Lipinski definition) is 3. The van der Waals surface area contributed by atoms with Gasteiger partial charge >= 0.3 is 6.18 Å². The Kier molecular flexibility index (Phi) is 8.22. The van der Waals surface area contributed by atoms with E-state index >= 15 is 0 Å². The number of halogens is 3. The summed E-state index contributed by atoms with van der Waals surface area (Å²) in [6.45, 7) is 5.84. The van der Waals surface area contributed by atoms with Crippen molar-refractivity contribution < 1.29 is 23.1 Å². The number of nitrogens with one attached hydrogen (secondary N) is 2. The summed E-state index contributed by atoms with van der Waals surface area (Å²) in [5, 5.41) is 15.8. The van der Waals surface area contributed by atoms with Crippen LogP contribution >= 0.6 is 0 Å². The minimum atomic E-state index is -4.62. The first-order valence-corrected chi connectivity index (χ1v) is 9.57. The molecule has 158 valence electrons. The molecule has 7 heteroatoms. The number of allylic oxidation sites excluding steroid dienone is 7. The van der Waals surface area contributed by atoms with Crippen LogP contribution in [-0.4, -0.2) is 42.4 Å². The second-order valence-electron chi connectivity index (χ2n) is 6.99. The Labute approximate surface area is 169 Å². The lowest BCUT2D eigenvalue weighted by molar-refractivity contribution is -0.120. The molecule has 0 saturated heterocycles. The van der Waals surface area contributed by atoms with Gasteiger partial charge in [0.2, 0.25) is 0 Å². The van der Waals surface area contributed by atoms with Crippen molar-refractivity contribution in [2.75, 3.05) is 13.1 Å². The Morgan fingerprint density at radius 3 is 2.72 bits per heavy atom. The van der Waals surface area contributed by atoms with Crippen LogP contribution in [0.4, 0.5) is 13.2 Å². The topological polar surface area (TPSA) is 61.4 Å². The van der Waals surface area contributed by atoms with Crippen LogP contribution in [0.2, 0.25) is 0 Å². The van der Waals surface area contributed by atoms with E-state index in [0.29, 0.717) is 0 Å². The summed E-state index contributed by atoms with van der Waals surface area (Å²) in [5.41, 5.74) is 0.947. The Hall–Kier alpha value is -2.38. The third kappa shape index (κ3) is 6.58. The Morgan fingerprint density at radius 1 is 1.34 bits per heavy atom. The molecule has 1 amide bonds. The van der Waals surface area contributed by atoms with Gasteiger partial charge < -0.3 is 15.7 Å². The predicted molar refractivity (Wildman–Crippen MR) is 108 cm³/mol. The maximum absolute atomic E-state index is 13.2. The van der Waals surface area contributed by atoms with Crippen LogP contribution in [-0.2, 0) is 4.79 Å². The van der Waals surface area contributed by atoms with Gasteiger partial charge in [-0.25, -0.2) is 0 Å². The maximum Gasteiger partial charge on any atom is 0.417 e. The molecule has 0 aromatic carbocycles. The van der Waals surface area contributed by atoms with Crippen molar-refractivity contribution in [2.45, 2.75) is 44.5 Å². The van der Waals surface area contributed by atoms with E-state index in [2.05, 4.69) is 17.2 Å². The first kappa shape index (κ1) is 22.9. The zero-order valence-corrected chi connectivity index (χ0v) is 16.4. The first-order chi connectivity index (χ1) is 13.8. The molecule has 0 spiro atoms. The molecule has 3 N–H and O–H groups in total. The zero-order valence-electron chi connectivity index (χ0n) is 16.4. The minimum Gasteiger partial charge on any atom is -0.390 e. The average molecular weight is 408 g/mol. The van der Waals surface area contributed by atoms with Crippen LogP contribution < -0.4 is 10.6 Å². The highest BCUT2D eigenvalue weighted by molar-refractivity contribution is 5.98. The van der Waals surface area contributed by atoms with E-state index < -0.39 is 29.3 Å². The summed E-state index contributed by atoms with van der Waals surface area (Å²) in [6.07, 6.45) is 7.09. The monoisotopic (exact) mass is 408 g/mol. The fraction of sp³-hybridized carbons (Fsp3) is 0.409. The van der Waals surface area contributed by atoms with Gasteiger partial charge in [0.15, 0.2) is 0 Å². The van der Waals surface area contributed by atoms with E-state index in [1.807, 2.05) is 25.2 Å². The van der Waals surface area contributed by atoms with Crippen molar-refractivity contribution in [3.05, 3.63) is 71.4 Å². The Bertz CT molecular complexity index is 773. The second kappa shape index (κ2) is 10.4. The molecule has 4 nitrogen and oxygen atoms in total. The largest absolute Gasteiger partial charge is 0.417 e. The lowest BCUT2D eigenvalue weighted by Crippen LogP contribution is -2.41. The van der Waals surface area contributed by atoms with E-state index in [9.17, 15) is 23.1 Å². The molecule has 0 saturated carbocycles. The van der Waals surface area contributed by atoms with Crippen LogP contribution in [0.15, 0.2) is 71.4 Å². The number of alkyl halides is 3. The molecule has 2 atom stereocenters. The number of carbonyl (C=O) groups is 1. The normalized spacial score (nSPS) is 21.1. The van der Waals surface area contributed by atoms with E-state index in [1.165, 1.54) is 17.7 Å². The number of amides is 1. The van der Waals surface area contributed by atoms with Gasteiger partial charge in [0.25, 0.3) is 5.91 Å². The second-order valence-corrected chi connectivity index (χ2v) is 6.99. The summed E-state index contributed by atoms with van der Waals surface area (Å²) in [5.74, 6) is -0.844. The average Bonchev–Trinajstić information content (AvgIpc) is 2.88. The molecular formula is C22H27F3N2O2. The molecule has 2 aliphatic rings. The van der Waals surface area contributed by atoms with Crippen LogP contribution in [0.1, 0.15) is 26.2 Å². The molecule has 0 aliphatic heterocycles. The molecule has 2 rings (SSSR count). The van der Waals surface area contributed by atoms with Crippen molar-refractivity contribution >= 4 is 5.91 Å². The molecular weight excluding hydrogens is 381 g/mol. The molecule has 0 aromatic rings. The summed E-state index contributed by atoms with van der Waals surface area (Å²) in [7, 11) is 0. The third-order valence-electron chi connectivity index (χ3n) is 4.80. The van der Waals surface area contributed by atoms with E-state index in [4.69, 9.17) is 0 Å². The Morgan fingerprint density at radius 2 is 2.07 bits per heavy atom. The van der Waals surface area contributed by atoms with Gasteiger partial charge in [0.1, 0.15) is 0 Å². The van der Waals surface area contributed by atoms with Gasteiger partial charge in [-0.15, -0.1) is 0 Å². The van der Waals surface area contributed by atoms with Gasteiger partial charge in [0, 0.05) is 24.7 Å². The highest BCUT2D eigenvalue weighted by Crippen LogP contribution is 2.32. The van der Waals surface area contributed by atoms with Crippen molar-refractivity contribution in [1.82, 2.24) is 10.6 Å². The number of carbonyl (C=O) groups excluding carboxylic acids is 1. The highest BCUT2D eigenvalue weighted by Gasteiger charge is 2.38. The fourth-order valence-corrected chi connectivity index (χ4v) is 3.37. The molecule has 0 radical (unpaired) electrons. The number of hydrogen-bond donors (Lipinski definition) is 3. The van der Waals surface area contributed by atoms with Crippen LogP contribution in [0, 0.1) is 0 Å². The van der Waals surface area contributed by atoms with Crippen molar-refractivity contribution in [2.24, 2.45) is 0 Å². The highest BCUT2D eigenvalue weighted by atomic mass is 19.4. The van der Waals surface area contributed by atoms with Gasteiger partial charge in [-0.05, 0) is 43.4 Å². The number of aliphatic hydroxyl groups is 1. The quantitative estimate of drug-likeness (QED) is 0.575. The van der Waals surface area contributed by atoms with Gasteiger partial charge in [-0.3, -0.25) is 4.79 Å². The van der Waals surface area contributed by atoms with Gasteiger partial charge in [-0.1, -0.05) is 43.0 Å². The smallest absolute Gasteiger partial charge is 0.390 e. The first-order valence-electron chi connectivity index (χ1n) is 9.57. The zero-order chi connectivity index (χ0) is 21.4. The molecule has 2 aliphatic carbocycles. The van der Waals surface area contributed by atoms with Crippen molar-refractivity contribution in [3.63, 3.8) is 0 Å². The summed E-state index contributed by atoms with van der Waals surface area (Å²) < 4.78 is 39.5. The molecule has 0 bridgehead atoms. The van der Waals surface area contributed by atoms with Gasteiger partial charge in [0.05, 0.1) is 11.7 Å². The lowest BCUT2D eigenvalue weighted by Gasteiger charge is -2.19. The molecule has 0 aromatic heterocycles. The summed E-state index contributed by atoms with van der Waals surface area (Å²) in [4.78, 5) is 12.3. The van der Waals surface area contributed by atoms with Crippen molar-refractivity contribution in [1.29, 1.82) is 0 Å². The van der Waals surface area contributed by atoms with Crippen LogP contribution in [0.25, 0.3) is 0 Å². The van der Waals surface area contributed by atoms with Crippen molar-refractivity contribution in [3.8, 4) is 0 Å².